The van der Waals surface area contributed by atoms with Gasteiger partial charge in [0.25, 0.3) is 5.69 Å². The molecule has 0 saturated heterocycles. The maximum absolute atomic E-state index is 10.7. The summed E-state index contributed by atoms with van der Waals surface area (Å²) in [7, 11) is 0. The van der Waals surface area contributed by atoms with E-state index in [9.17, 15) is 10.1 Å². The lowest BCUT2D eigenvalue weighted by atomic mass is 10.1. The Morgan fingerprint density at radius 3 is 2.38 bits per heavy atom. The van der Waals surface area contributed by atoms with Crippen LogP contribution in [0.25, 0.3) is 0 Å². The van der Waals surface area contributed by atoms with Crippen LogP contribution in [0.4, 0.5) is 22.7 Å². The molecule has 1 aliphatic heterocycles. The number of nitrogens with zero attached hydrogens (tertiary/aromatic N) is 2. The highest BCUT2D eigenvalue weighted by Gasteiger charge is 2.19. The molecule has 26 heavy (non-hydrogen) atoms. The summed E-state index contributed by atoms with van der Waals surface area (Å²) in [6, 6.07) is 20.6. The highest BCUT2D eigenvalue weighted by Crippen LogP contribution is 2.32. The molecule has 0 saturated carbocycles. The van der Waals surface area contributed by atoms with Crippen LogP contribution in [0.5, 0.6) is 0 Å². The molecule has 1 N–H and O–H groups in total. The summed E-state index contributed by atoms with van der Waals surface area (Å²) in [5.41, 5.74) is 5.53. The van der Waals surface area contributed by atoms with Gasteiger partial charge < -0.3 is 10.2 Å². The molecule has 3 aromatic carbocycles. The third-order valence-corrected chi connectivity index (χ3v) is 4.70. The summed E-state index contributed by atoms with van der Waals surface area (Å²) in [4.78, 5) is 12.6. The van der Waals surface area contributed by atoms with Crippen LogP contribution in [0.3, 0.4) is 0 Å². The number of hydrogen-bond acceptors (Lipinski definition) is 4. The Bertz CT molecular complexity index is 973. The predicted molar refractivity (Wildman–Crippen MR) is 104 cm³/mol. The molecule has 4 rings (SSSR count). The average Bonchev–Trinajstić information content (AvgIpc) is 3.05. The van der Waals surface area contributed by atoms with Crippen molar-refractivity contribution < 1.29 is 4.92 Å². The fraction of sp³-hybridized carbons (Fsp3) is 0.100. The average molecular weight is 366 g/mol. The Morgan fingerprint density at radius 1 is 0.923 bits per heavy atom. The van der Waals surface area contributed by atoms with Gasteiger partial charge in [0.05, 0.1) is 4.92 Å². The molecule has 0 spiro atoms. The molecule has 130 valence electrons. The van der Waals surface area contributed by atoms with E-state index in [-0.39, 0.29) is 5.69 Å². The van der Waals surface area contributed by atoms with Gasteiger partial charge in [-0.15, -0.1) is 0 Å². The van der Waals surface area contributed by atoms with E-state index in [4.69, 9.17) is 11.6 Å². The molecule has 0 bridgehead atoms. The van der Waals surface area contributed by atoms with Crippen molar-refractivity contribution in [3.05, 3.63) is 93.0 Å². The van der Waals surface area contributed by atoms with E-state index in [1.165, 1.54) is 23.3 Å². The third-order valence-electron chi connectivity index (χ3n) is 4.47. The van der Waals surface area contributed by atoms with Gasteiger partial charge >= 0.3 is 0 Å². The number of fused-ring (bicyclic) bond motifs is 1. The SMILES string of the molecule is O=[N+]([O-])c1ccc(Nc2ccc3c(c2)CN(c2cccc(Cl)c2)C3)cc1. The van der Waals surface area contributed by atoms with E-state index in [0.29, 0.717) is 0 Å². The highest BCUT2D eigenvalue weighted by atomic mass is 35.5. The molecule has 1 aliphatic rings. The van der Waals surface area contributed by atoms with Gasteiger partial charge in [-0.25, -0.2) is 0 Å². The molecular formula is C20H16ClN3O2. The topological polar surface area (TPSA) is 58.4 Å². The fourth-order valence-corrected chi connectivity index (χ4v) is 3.35. The normalized spacial score (nSPS) is 12.7. The third kappa shape index (κ3) is 3.34. The number of hydrogen-bond donors (Lipinski definition) is 1. The van der Waals surface area contributed by atoms with Crippen LogP contribution in [0, 0.1) is 10.1 Å². The van der Waals surface area contributed by atoms with Gasteiger partial charge in [-0.1, -0.05) is 23.7 Å². The lowest BCUT2D eigenvalue weighted by molar-refractivity contribution is -0.384. The van der Waals surface area contributed by atoms with Gasteiger partial charge in [-0.3, -0.25) is 10.1 Å². The Hall–Kier alpha value is -3.05. The summed E-state index contributed by atoms with van der Waals surface area (Å²) >= 11 is 6.10. The first-order chi connectivity index (χ1) is 12.6. The minimum atomic E-state index is -0.399. The van der Waals surface area contributed by atoms with Gasteiger partial charge in [-0.2, -0.15) is 0 Å². The molecule has 1 heterocycles. The Morgan fingerprint density at radius 2 is 1.65 bits per heavy atom. The van der Waals surface area contributed by atoms with E-state index in [1.54, 1.807) is 12.1 Å². The monoisotopic (exact) mass is 365 g/mol. The van der Waals surface area contributed by atoms with E-state index in [2.05, 4.69) is 28.4 Å². The van der Waals surface area contributed by atoms with Crippen molar-refractivity contribution in [2.24, 2.45) is 0 Å². The van der Waals surface area contributed by atoms with Gasteiger partial charge in [0.15, 0.2) is 0 Å². The smallest absolute Gasteiger partial charge is 0.269 e. The number of nitro groups is 1. The van der Waals surface area contributed by atoms with Crippen LogP contribution in [0.2, 0.25) is 5.02 Å². The molecule has 3 aromatic rings. The largest absolute Gasteiger partial charge is 0.363 e. The first kappa shape index (κ1) is 16.4. The lowest BCUT2D eigenvalue weighted by Crippen LogP contribution is -2.14. The molecule has 6 heteroatoms. The highest BCUT2D eigenvalue weighted by molar-refractivity contribution is 6.30. The van der Waals surface area contributed by atoms with Crippen LogP contribution in [0.1, 0.15) is 11.1 Å². The Labute approximate surface area is 156 Å². The number of nitro benzene ring substituents is 1. The maximum Gasteiger partial charge on any atom is 0.269 e. The molecule has 0 amide bonds. The summed E-state index contributed by atoms with van der Waals surface area (Å²) in [6.45, 7) is 1.68. The standard InChI is InChI=1S/C20H16ClN3O2/c21-16-2-1-3-20(11-16)23-12-14-4-5-18(10-15(14)13-23)22-17-6-8-19(9-7-17)24(25)26/h1-11,22H,12-13H2. The van der Waals surface area contributed by atoms with Crippen molar-refractivity contribution in [1.29, 1.82) is 0 Å². The van der Waals surface area contributed by atoms with Crippen molar-refractivity contribution in [3.8, 4) is 0 Å². The van der Waals surface area contributed by atoms with Gasteiger partial charge in [0, 0.05) is 47.3 Å². The van der Waals surface area contributed by atoms with E-state index in [0.717, 1.165) is 35.2 Å². The van der Waals surface area contributed by atoms with Crippen molar-refractivity contribution in [2.75, 3.05) is 10.2 Å². The van der Waals surface area contributed by atoms with E-state index < -0.39 is 4.92 Å². The second-order valence-corrected chi connectivity index (χ2v) is 6.68. The summed E-state index contributed by atoms with van der Waals surface area (Å²) in [5.74, 6) is 0. The van der Waals surface area contributed by atoms with Crippen molar-refractivity contribution in [3.63, 3.8) is 0 Å². The number of nitrogens with one attached hydrogen (secondary N) is 1. The van der Waals surface area contributed by atoms with Crippen LogP contribution in [-0.4, -0.2) is 4.92 Å². The van der Waals surface area contributed by atoms with Crippen molar-refractivity contribution in [1.82, 2.24) is 0 Å². The molecule has 0 fully saturated rings. The molecular weight excluding hydrogens is 350 g/mol. The van der Waals surface area contributed by atoms with E-state index >= 15 is 0 Å². The zero-order valence-corrected chi connectivity index (χ0v) is 14.6. The number of non-ortho nitro benzene ring substituents is 1. The minimum absolute atomic E-state index is 0.0849. The maximum atomic E-state index is 10.7. The molecule has 0 aromatic heterocycles. The Balaban J connectivity index is 1.51. The molecule has 0 atom stereocenters. The van der Waals surface area contributed by atoms with Gasteiger partial charge in [-0.05, 0) is 53.6 Å². The van der Waals surface area contributed by atoms with Crippen molar-refractivity contribution >= 4 is 34.4 Å². The predicted octanol–water partition coefficient (Wildman–Crippen LogP) is 5.51. The van der Waals surface area contributed by atoms with Gasteiger partial charge in [0.2, 0.25) is 0 Å². The minimum Gasteiger partial charge on any atom is -0.363 e. The molecule has 0 aliphatic carbocycles. The zero-order valence-electron chi connectivity index (χ0n) is 13.9. The first-order valence-electron chi connectivity index (χ1n) is 8.22. The first-order valence-corrected chi connectivity index (χ1v) is 8.60. The number of halogens is 1. The molecule has 5 nitrogen and oxygen atoms in total. The van der Waals surface area contributed by atoms with Crippen LogP contribution < -0.4 is 10.2 Å². The van der Waals surface area contributed by atoms with Crippen LogP contribution >= 0.6 is 11.6 Å². The van der Waals surface area contributed by atoms with Crippen LogP contribution in [0.15, 0.2) is 66.7 Å². The molecule has 0 unspecified atom stereocenters. The second-order valence-electron chi connectivity index (χ2n) is 6.25. The van der Waals surface area contributed by atoms with Crippen LogP contribution in [-0.2, 0) is 13.1 Å². The summed E-state index contributed by atoms with van der Waals surface area (Å²) < 4.78 is 0. The number of rotatable bonds is 4. The summed E-state index contributed by atoms with van der Waals surface area (Å²) in [5, 5.41) is 14.8. The van der Waals surface area contributed by atoms with Crippen molar-refractivity contribution in [2.45, 2.75) is 13.1 Å². The van der Waals surface area contributed by atoms with E-state index in [1.807, 2.05) is 24.3 Å². The van der Waals surface area contributed by atoms with Gasteiger partial charge in [0.1, 0.15) is 0 Å². The number of anilines is 3. The summed E-state index contributed by atoms with van der Waals surface area (Å²) in [6.07, 6.45) is 0. The lowest BCUT2D eigenvalue weighted by Gasteiger charge is -2.17. The second kappa shape index (κ2) is 6.69. The quantitative estimate of drug-likeness (QED) is 0.489. The number of benzene rings is 3. The Kier molecular flexibility index (Phi) is 4.22. The fourth-order valence-electron chi connectivity index (χ4n) is 3.16. The zero-order chi connectivity index (χ0) is 18.1. The molecule has 0 radical (unpaired) electrons.